The third-order valence-electron chi connectivity index (χ3n) is 2.50. The third-order valence-corrected chi connectivity index (χ3v) is 2.50. The highest BCUT2D eigenvalue weighted by atomic mass is 19.4. The van der Waals surface area contributed by atoms with Gasteiger partial charge in [-0.15, -0.1) is 0 Å². The zero-order valence-electron chi connectivity index (χ0n) is 10.7. The van der Waals surface area contributed by atoms with Gasteiger partial charge in [0.15, 0.2) is 5.75 Å². The van der Waals surface area contributed by atoms with Gasteiger partial charge in [-0.25, -0.2) is 9.38 Å². The minimum Gasteiger partial charge on any atom is -0.503 e. The highest BCUT2D eigenvalue weighted by Crippen LogP contribution is 2.55. The molecule has 0 atom stereocenters. The van der Waals surface area contributed by atoms with Gasteiger partial charge in [-0.2, -0.15) is 31.4 Å². The predicted molar refractivity (Wildman–Crippen MR) is 61.2 cm³/mol. The second-order valence-corrected chi connectivity index (χ2v) is 4.09. The van der Waals surface area contributed by atoms with Crippen LogP contribution in [0, 0.1) is 0 Å². The van der Waals surface area contributed by atoms with Gasteiger partial charge >= 0.3 is 18.0 Å². The number of alkyl halides is 7. The van der Waals surface area contributed by atoms with E-state index in [0.717, 1.165) is 12.4 Å². The van der Waals surface area contributed by atoms with E-state index in [1.165, 1.54) is 12.0 Å². The van der Waals surface area contributed by atoms with E-state index in [4.69, 9.17) is 5.73 Å². The average Bonchev–Trinajstić information content (AvgIpc) is 2.73. The van der Waals surface area contributed by atoms with Gasteiger partial charge in [0.1, 0.15) is 5.69 Å². The molecule has 0 aromatic carbocycles. The zero-order chi connectivity index (χ0) is 17.3. The molecule has 1 aromatic rings. The maximum Gasteiger partial charge on any atom is 0.437 e. The van der Waals surface area contributed by atoms with Gasteiger partial charge in [-0.1, -0.05) is 0 Å². The van der Waals surface area contributed by atoms with E-state index in [1.807, 2.05) is 0 Å². The lowest BCUT2D eigenvalue weighted by molar-refractivity contribution is -0.350. The molecule has 1 heterocycles. The Labute approximate surface area is 118 Å². The predicted octanol–water partition coefficient (Wildman–Crippen LogP) is 2.97. The quantitative estimate of drug-likeness (QED) is 0.587. The van der Waals surface area contributed by atoms with Crippen LogP contribution in [0.4, 0.5) is 36.6 Å². The summed E-state index contributed by atoms with van der Waals surface area (Å²) in [6.45, 7) is 1.40. The molecular weight excluding hydrogens is 325 g/mol. The summed E-state index contributed by atoms with van der Waals surface area (Å²) in [5, 5.41) is 13.5. The minimum atomic E-state index is -6.37. The number of H-pyrrole nitrogens is 1. The Bertz CT molecular complexity index is 585. The molecule has 0 fully saturated rings. The van der Waals surface area contributed by atoms with E-state index in [-0.39, 0.29) is 5.57 Å². The van der Waals surface area contributed by atoms with Crippen LogP contribution in [-0.4, -0.2) is 33.9 Å². The van der Waals surface area contributed by atoms with Crippen molar-refractivity contribution in [2.75, 3.05) is 0 Å². The van der Waals surface area contributed by atoms with Crippen molar-refractivity contribution in [1.29, 1.82) is 0 Å². The fourth-order valence-electron chi connectivity index (χ4n) is 1.31. The van der Waals surface area contributed by atoms with Gasteiger partial charge in [-0.05, 0) is 18.7 Å². The van der Waals surface area contributed by atoms with E-state index in [1.54, 1.807) is 0 Å². The summed E-state index contributed by atoms with van der Waals surface area (Å²) >= 11 is 0. The van der Waals surface area contributed by atoms with Gasteiger partial charge in [0.05, 0.1) is 0 Å². The standard InChI is InChI=1S/C10H9F7N4O/c1-4(2-18)3-19-7-5(22)6(20-21-7)8(11,9(12,13)14)10(15,16)17/h2-3,22H,18H2,1H3,(H,20,21). The number of nitrogens with two attached hydrogens (primary N) is 1. The molecule has 1 rings (SSSR count). The number of aromatic nitrogens is 2. The summed E-state index contributed by atoms with van der Waals surface area (Å²) in [6.07, 6.45) is -10.8. The highest BCUT2D eigenvalue weighted by Gasteiger charge is 2.75. The molecule has 0 aliphatic rings. The third kappa shape index (κ3) is 2.85. The number of hydrogen-bond donors (Lipinski definition) is 3. The molecule has 0 radical (unpaired) electrons. The molecule has 5 nitrogen and oxygen atoms in total. The van der Waals surface area contributed by atoms with Crippen molar-refractivity contribution < 1.29 is 35.8 Å². The lowest BCUT2D eigenvalue weighted by atomic mass is 10.00. The molecule has 0 spiro atoms. The number of aliphatic imine (C=N–C) groups is 1. The Morgan fingerprint density at radius 1 is 1.18 bits per heavy atom. The van der Waals surface area contributed by atoms with Gasteiger partial charge in [0.2, 0.25) is 5.82 Å². The molecule has 0 bridgehead atoms. The van der Waals surface area contributed by atoms with Gasteiger partial charge in [0, 0.05) is 6.21 Å². The second-order valence-electron chi connectivity index (χ2n) is 4.09. The Morgan fingerprint density at radius 3 is 2.09 bits per heavy atom. The molecule has 0 amide bonds. The summed E-state index contributed by atoms with van der Waals surface area (Å²) in [6, 6.07) is 0. The number of aromatic hydroxyl groups is 1. The van der Waals surface area contributed by atoms with Crippen molar-refractivity contribution >= 4 is 12.0 Å². The van der Waals surface area contributed by atoms with Crippen LogP contribution in [0.1, 0.15) is 12.6 Å². The number of halogens is 7. The lowest BCUT2D eigenvalue weighted by Gasteiger charge is -2.28. The fourth-order valence-corrected chi connectivity index (χ4v) is 1.31. The van der Waals surface area contributed by atoms with Crippen LogP contribution >= 0.6 is 0 Å². The molecular formula is C10H9F7N4O. The maximum absolute atomic E-state index is 13.7. The lowest BCUT2D eigenvalue weighted by Crippen LogP contribution is -2.50. The summed E-state index contributed by atoms with van der Waals surface area (Å²) in [7, 11) is 0. The maximum atomic E-state index is 13.7. The fraction of sp³-hybridized carbons (Fsp3) is 0.400. The normalized spacial score (nSPS) is 14.8. The topological polar surface area (TPSA) is 87.3 Å². The molecule has 12 heteroatoms. The summed E-state index contributed by atoms with van der Waals surface area (Å²) in [5.74, 6) is -2.66. The first-order valence-corrected chi connectivity index (χ1v) is 5.39. The van der Waals surface area contributed by atoms with Crippen LogP contribution in [0.2, 0.25) is 0 Å². The van der Waals surface area contributed by atoms with Crippen molar-refractivity contribution in [3.63, 3.8) is 0 Å². The first kappa shape index (κ1) is 17.8. The van der Waals surface area contributed by atoms with Crippen LogP contribution in [-0.2, 0) is 5.67 Å². The molecule has 4 N–H and O–H groups in total. The number of aromatic amines is 1. The van der Waals surface area contributed by atoms with Crippen LogP contribution in [0.25, 0.3) is 0 Å². The molecule has 22 heavy (non-hydrogen) atoms. The molecule has 124 valence electrons. The Hall–Kier alpha value is -2.27. The van der Waals surface area contributed by atoms with E-state index < -0.39 is 35.3 Å². The highest BCUT2D eigenvalue weighted by molar-refractivity contribution is 5.80. The van der Waals surface area contributed by atoms with Crippen LogP contribution < -0.4 is 5.73 Å². The molecule has 0 saturated carbocycles. The van der Waals surface area contributed by atoms with Crippen LogP contribution in [0.15, 0.2) is 16.8 Å². The zero-order valence-corrected chi connectivity index (χ0v) is 10.7. The Balaban J connectivity index is 3.44. The number of allylic oxidation sites excluding steroid dienone is 1. The number of nitrogens with one attached hydrogen (secondary N) is 1. The molecule has 0 saturated heterocycles. The van der Waals surface area contributed by atoms with Gasteiger partial charge in [-0.3, -0.25) is 5.10 Å². The van der Waals surface area contributed by atoms with Crippen molar-refractivity contribution in [2.24, 2.45) is 10.7 Å². The smallest absolute Gasteiger partial charge is 0.437 e. The molecule has 0 aliphatic heterocycles. The first-order chi connectivity index (χ1) is 9.86. The van der Waals surface area contributed by atoms with E-state index >= 15 is 0 Å². The summed E-state index contributed by atoms with van der Waals surface area (Å²) in [4.78, 5) is 3.31. The average molecular weight is 334 g/mol. The van der Waals surface area contributed by atoms with Crippen LogP contribution in [0.5, 0.6) is 5.75 Å². The molecule has 0 aliphatic carbocycles. The van der Waals surface area contributed by atoms with E-state index in [0.29, 0.717) is 0 Å². The summed E-state index contributed by atoms with van der Waals surface area (Å²) < 4.78 is 88.9. The van der Waals surface area contributed by atoms with Crippen LogP contribution in [0.3, 0.4) is 0 Å². The largest absolute Gasteiger partial charge is 0.503 e. The van der Waals surface area contributed by atoms with Crippen molar-refractivity contribution in [3.05, 3.63) is 17.5 Å². The Morgan fingerprint density at radius 2 is 1.68 bits per heavy atom. The first-order valence-electron chi connectivity index (χ1n) is 5.39. The second kappa shape index (κ2) is 5.50. The monoisotopic (exact) mass is 334 g/mol. The SMILES string of the molecule is CC(C=Nc1n[nH]c(C(F)(C(F)(F)F)C(F)(F)F)c1O)=CN. The number of rotatable bonds is 3. The minimum absolute atomic E-state index is 0.266. The molecule has 1 aromatic heterocycles. The van der Waals surface area contributed by atoms with Crippen molar-refractivity contribution in [3.8, 4) is 5.75 Å². The van der Waals surface area contributed by atoms with E-state index in [9.17, 15) is 35.8 Å². The Kier molecular flexibility index (Phi) is 4.44. The van der Waals surface area contributed by atoms with E-state index in [2.05, 4.69) is 10.1 Å². The number of hydrogen-bond acceptors (Lipinski definition) is 4. The van der Waals surface area contributed by atoms with Crippen molar-refractivity contribution in [2.45, 2.75) is 24.9 Å². The van der Waals surface area contributed by atoms with Gasteiger partial charge < -0.3 is 10.8 Å². The molecule has 0 unspecified atom stereocenters. The summed E-state index contributed by atoms with van der Waals surface area (Å²) in [5.41, 5.74) is -2.69. The van der Waals surface area contributed by atoms with Crippen molar-refractivity contribution in [1.82, 2.24) is 10.2 Å². The number of nitrogens with zero attached hydrogens (tertiary/aromatic N) is 2. The van der Waals surface area contributed by atoms with Gasteiger partial charge in [0.25, 0.3) is 0 Å².